The van der Waals surface area contributed by atoms with E-state index >= 15 is 0 Å². The Morgan fingerprint density at radius 2 is 1.15 bits per heavy atom. The molecule has 2 aliphatic carbocycles. The molecule has 0 unspecified atom stereocenters. The van der Waals surface area contributed by atoms with Gasteiger partial charge in [-0.25, -0.2) is 0 Å². The lowest BCUT2D eigenvalue weighted by Gasteiger charge is -2.01. The van der Waals surface area contributed by atoms with E-state index in [1.54, 1.807) is 0 Å². The first-order valence-corrected chi connectivity index (χ1v) is 8.95. The average molecular weight is 336 g/mol. The summed E-state index contributed by atoms with van der Waals surface area (Å²) in [5.41, 5.74) is 7.78. The molecule has 0 N–H and O–H groups in total. The molecular formula is C25H20O. The minimum atomic E-state index is 0.754. The van der Waals surface area contributed by atoms with E-state index in [1.807, 2.05) is 30.3 Å². The highest BCUT2D eigenvalue weighted by Gasteiger charge is 2.15. The Bertz CT molecular complexity index is 987. The zero-order chi connectivity index (χ0) is 17.8. The SMILES string of the molecule is O=Cc1cc(-c2ccccc2)c2ccc(CCc3ccccc3)ccc1-2. The van der Waals surface area contributed by atoms with Gasteiger partial charge in [-0.05, 0) is 52.3 Å². The van der Waals surface area contributed by atoms with Crippen molar-refractivity contribution in [1.82, 2.24) is 0 Å². The van der Waals surface area contributed by atoms with Crippen LogP contribution in [-0.4, -0.2) is 6.29 Å². The summed E-state index contributed by atoms with van der Waals surface area (Å²) in [6, 6.07) is 31.4. The molecule has 0 aliphatic heterocycles. The van der Waals surface area contributed by atoms with Crippen LogP contribution in [0.3, 0.4) is 0 Å². The molecule has 1 nitrogen and oxygen atoms in total. The van der Waals surface area contributed by atoms with E-state index in [2.05, 4.69) is 60.7 Å². The second kappa shape index (κ2) is 7.37. The number of benzene rings is 2. The maximum Gasteiger partial charge on any atom is 0.150 e. The third-order valence-electron chi connectivity index (χ3n) is 4.88. The summed E-state index contributed by atoms with van der Waals surface area (Å²) in [7, 11) is 0. The van der Waals surface area contributed by atoms with E-state index in [4.69, 9.17) is 0 Å². The normalized spacial score (nSPS) is 10.8. The molecule has 0 fully saturated rings. The van der Waals surface area contributed by atoms with Gasteiger partial charge in [0, 0.05) is 5.56 Å². The van der Waals surface area contributed by atoms with E-state index in [-0.39, 0.29) is 0 Å². The van der Waals surface area contributed by atoms with Gasteiger partial charge < -0.3 is 0 Å². The molecule has 0 saturated carbocycles. The van der Waals surface area contributed by atoms with Crippen LogP contribution in [0.1, 0.15) is 21.5 Å². The lowest BCUT2D eigenvalue weighted by atomic mass is 10.0. The van der Waals surface area contributed by atoms with E-state index in [0.717, 1.165) is 46.9 Å². The first-order valence-electron chi connectivity index (χ1n) is 8.95. The second-order valence-corrected chi connectivity index (χ2v) is 6.55. The third-order valence-corrected chi connectivity index (χ3v) is 4.88. The highest BCUT2D eigenvalue weighted by molar-refractivity contribution is 5.98. The fraction of sp³-hybridized carbons (Fsp3) is 0.0800. The minimum Gasteiger partial charge on any atom is -0.298 e. The van der Waals surface area contributed by atoms with Crippen molar-refractivity contribution < 1.29 is 4.79 Å². The maximum absolute atomic E-state index is 11.6. The van der Waals surface area contributed by atoms with Gasteiger partial charge in [0.1, 0.15) is 0 Å². The molecule has 2 aromatic carbocycles. The topological polar surface area (TPSA) is 17.1 Å². The molecule has 0 aromatic heterocycles. The summed E-state index contributed by atoms with van der Waals surface area (Å²) < 4.78 is 0. The van der Waals surface area contributed by atoms with Crippen molar-refractivity contribution in [2.24, 2.45) is 0 Å². The number of carbonyl (C=O) groups excluding carboxylic acids is 1. The summed E-state index contributed by atoms with van der Waals surface area (Å²) in [5, 5.41) is 0. The largest absolute Gasteiger partial charge is 0.298 e. The smallest absolute Gasteiger partial charge is 0.150 e. The van der Waals surface area contributed by atoms with Crippen LogP contribution in [0.4, 0.5) is 0 Å². The lowest BCUT2D eigenvalue weighted by Crippen LogP contribution is -1.89. The van der Waals surface area contributed by atoms with Crippen LogP contribution in [0, 0.1) is 0 Å². The summed E-state index contributed by atoms with van der Waals surface area (Å²) in [6.45, 7) is 0. The van der Waals surface area contributed by atoms with Gasteiger partial charge in [0.15, 0.2) is 6.29 Å². The Labute approximate surface area is 154 Å². The van der Waals surface area contributed by atoms with Gasteiger partial charge in [0.2, 0.25) is 0 Å². The molecule has 0 radical (unpaired) electrons. The first-order chi connectivity index (χ1) is 12.8. The molecule has 2 aromatic rings. The van der Waals surface area contributed by atoms with Crippen molar-refractivity contribution in [2.45, 2.75) is 12.8 Å². The van der Waals surface area contributed by atoms with Crippen molar-refractivity contribution in [1.29, 1.82) is 0 Å². The first kappa shape index (κ1) is 16.3. The number of aldehydes is 1. The predicted molar refractivity (Wildman–Crippen MR) is 108 cm³/mol. The third kappa shape index (κ3) is 3.29. The van der Waals surface area contributed by atoms with Gasteiger partial charge in [0.25, 0.3) is 0 Å². The summed E-state index contributed by atoms with van der Waals surface area (Å²) in [4.78, 5) is 11.6. The van der Waals surface area contributed by atoms with Gasteiger partial charge in [-0.3, -0.25) is 4.79 Å². The van der Waals surface area contributed by atoms with Crippen molar-refractivity contribution in [3.63, 3.8) is 0 Å². The van der Waals surface area contributed by atoms with Crippen LogP contribution in [0.5, 0.6) is 0 Å². The lowest BCUT2D eigenvalue weighted by molar-refractivity contribution is 0.112. The molecule has 1 heteroatoms. The minimum absolute atomic E-state index is 0.754. The summed E-state index contributed by atoms with van der Waals surface area (Å²) in [6.07, 6.45) is 2.96. The standard InChI is InChI=1S/C25H20O/c26-18-22-17-25(21-9-5-2-6-10-21)24-16-14-20(13-15-23(22)24)12-11-19-7-3-1-4-8-19/h1-10,13-18H,11-12H2. The van der Waals surface area contributed by atoms with Crippen LogP contribution in [0.2, 0.25) is 0 Å². The quantitative estimate of drug-likeness (QED) is 0.405. The molecule has 0 amide bonds. The van der Waals surface area contributed by atoms with Crippen molar-refractivity contribution in [3.8, 4) is 22.3 Å². The monoisotopic (exact) mass is 336 g/mol. The molecule has 126 valence electrons. The fourth-order valence-electron chi connectivity index (χ4n) is 3.47. The molecule has 0 saturated heterocycles. The van der Waals surface area contributed by atoms with Gasteiger partial charge >= 0.3 is 0 Å². The molecule has 0 heterocycles. The van der Waals surface area contributed by atoms with E-state index < -0.39 is 0 Å². The van der Waals surface area contributed by atoms with Crippen LogP contribution in [0.15, 0.2) is 91.0 Å². The summed E-state index contributed by atoms with van der Waals surface area (Å²) in [5.74, 6) is 0. The van der Waals surface area contributed by atoms with E-state index in [0.29, 0.717) is 0 Å². The number of aryl methyl sites for hydroxylation is 2. The zero-order valence-corrected chi connectivity index (χ0v) is 14.6. The Hall–Kier alpha value is -3.19. The van der Waals surface area contributed by atoms with E-state index in [9.17, 15) is 4.79 Å². The average Bonchev–Trinajstić information content (AvgIpc) is 2.93. The highest BCUT2D eigenvalue weighted by atomic mass is 16.1. The number of carbonyl (C=O) groups is 1. The van der Waals surface area contributed by atoms with Crippen LogP contribution >= 0.6 is 0 Å². The van der Waals surface area contributed by atoms with Gasteiger partial charge in [-0.15, -0.1) is 0 Å². The Balaban J connectivity index is 1.70. The number of rotatable bonds is 5. The number of hydrogen-bond acceptors (Lipinski definition) is 1. The maximum atomic E-state index is 11.6. The van der Waals surface area contributed by atoms with Gasteiger partial charge in [-0.2, -0.15) is 0 Å². The fourth-order valence-corrected chi connectivity index (χ4v) is 3.47. The molecule has 0 atom stereocenters. The molecule has 0 bridgehead atoms. The molecule has 26 heavy (non-hydrogen) atoms. The van der Waals surface area contributed by atoms with Crippen molar-refractivity contribution in [3.05, 3.63) is 108 Å². The van der Waals surface area contributed by atoms with Crippen LogP contribution in [0.25, 0.3) is 22.3 Å². The molecule has 0 spiro atoms. The Morgan fingerprint density at radius 3 is 1.81 bits per heavy atom. The van der Waals surface area contributed by atoms with Crippen molar-refractivity contribution >= 4 is 6.29 Å². The second-order valence-electron chi connectivity index (χ2n) is 6.55. The Kier molecular flexibility index (Phi) is 4.61. The van der Waals surface area contributed by atoms with Gasteiger partial charge in [0.05, 0.1) is 0 Å². The van der Waals surface area contributed by atoms with Crippen LogP contribution < -0.4 is 0 Å². The van der Waals surface area contributed by atoms with Gasteiger partial charge in [-0.1, -0.05) is 84.9 Å². The highest BCUT2D eigenvalue weighted by Crippen LogP contribution is 2.38. The summed E-state index contributed by atoms with van der Waals surface area (Å²) >= 11 is 0. The van der Waals surface area contributed by atoms with E-state index in [1.165, 1.54) is 11.1 Å². The Morgan fingerprint density at radius 1 is 0.577 bits per heavy atom. The zero-order valence-electron chi connectivity index (χ0n) is 14.6. The molecule has 4 rings (SSSR count). The molecule has 2 aliphatic rings. The molecular weight excluding hydrogens is 316 g/mol. The number of hydrogen-bond donors (Lipinski definition) is 0. The van der Waals surface area contributed by atoms with Crippen molar-refractivity contribution in [2.75, 3.05) is 0 Å². The number of fused-ring (bicyclic) bond motifs is 1. The predicted octanol–water partition coefficient (Wildman–Crippen LogP) is 6.06. The van der Waals surface area contributed by atoms with Crippen LogP contribution in [-0.2, 0) is 12.8 Å².